The Kier molecular flexibility index (Phi) is 1.74. The van der Waals surface area contributed by atoms with E-state index in [0.717, 1.165) is 12.0 Å². The van der Waals surface area contributed by atoms with E-state index in [2.05, 4.69) is 5.32 Å². The number of furan rings is 1. The van der Waals surface area contributed by atoms with Crippen LogP contribution in [0.25, 0.3) is 0 Å². The highest BCUT2D eigenvalue weighted by Crippen LogP contribution is 2.19. The Hall–Kier alpha value is -1.45. The average molecular weight is 167 g/mol. The van der Waals surface area contributed by atoms with Gasteiger partial charge in [-0.2, -0.15) is 0 Å². The van der Waals surface area contributed by atoms with Crippen molar-refractivity contribution in [1.29, 1.82) is 0 Å². The molecule has 1 fully saturated rings. The molecule has 0 saturated carbocycles. The number of hydrogen-bond donors (Lipinski definition) is 1. The third kappa shape index (κ3) is 1.28. The van der Waals surface area contributed by atoms with Gasteiger partial charge >= 0.3 is 6.09 Å². The van der Waals surface area contributed by atoms with E-state index in [9.17, 15) is 4.79 Å². The SMILES string of the molecule is O=C1NC(c2ccoc2)CCO1. The number of amides is 1. The summed E-state index contributed by atoms with van der Waals surface area (Å²) in [6, 6.07) is 1.89. The van der Waals surface area contributed by atoms with E-state index < -0.39 is 0 Å². The summed E-state index contributed by atoms with van der Waals surface area (Å²) in [4.78, 5) is 10.8. The van der Waals surface area contributed by atoms with E-state index in [1.807, 2.05) is 6.07 Å². The van der Waals surface area contributed by atoms with Gasteiger partial charge in [-0.25, -0.2) is 4.79 Å². The summed E-state index contributed by atoms with van der Waals surface area (Å²) in [7, 11) is 0. The molecule has 1 saturated heterocycles. The lowest BCUT2D eigenvalue weighted by Crippen LogP contribution is -2.35. The average Bonchev–Trinajstić information content (AvgIpc) is 2.56. The van der Waals surface area contributed by atoms with Gasteiger partial charge in [0.25, 0.3) is 0 Å². The molecule has 4 heteroatoms. The van der Waals surface area contributed by atoms with Crippen molar-refractivity contribution in [3.05, 3.63) is 24.2 Å². The Morgan fingerprint density at radius 3 is 3.17 bits per heavy atom. The molecule has 0 aliphatic carbocycles. The van der Waals surface area contributed by atoms with E-state index in [-0.39, 0.29) is 12.1 Å². The van der Waals surface area contributed by atoms with Gasteiger partial charge in [-0.1, -0.05) is 0 Å². The largest absolute Gasteiger partial charge is 0.472 e. The van der Waals surface area contributed by atoms with E-state index >= 15 is 0 Å². The molecule has 1 aliphatic rings. The number of rotatable bonds is 1. The number of hydrogen-bond acceptors (Lipinski definition) is 3. The third-order valence-electron chi connectivity index (χ3n) is 1.88. The van der Waals surface area contributed by atoms with Crippen LogP contribution in [-0.4, -0.2) is 12.7 Å². The van der Waals surface area contributed by atoms with Crippen molar-refractivity contribution in [2.45, 2.75) is 12.5 Å². The van der Waals surface area contributed by atoms with Crippen LogP contribution in [0.5, 0.6) is 0 Å². The lowest BCUT2D eigenvalue weighted by molar-refractivity contribution is 0.115. The highest BCUT2D eigenvalue weighted by atomic mass is 16.5. The van der Waals surface area contributed by atoms with Gasteiger partial charge in [0.2, 0.25) is 0 Å². The van der Waals surface area contributed by atoms with Gasteiger partial charge in [0.05, 0.1) is 25.2 Å². The predicted octanol–water partition coefficient (Wildman–Crippen LogP) is 1.45. The summed E-state index contributed by atoms with van der Waals surface area (Å²) >= 11 is 0. The minimum atomic E-state index is -0.354. The number of alkyl carbamates (subject to hydrolysis) is 1. The Labute approximate surface area is 69.5 Å². The molecule has 1 aliphatic heterocycles. The van der Waals surface area contributed by atoms with E-state index in [1.165, 1.54) is 0 Å². The highest BCUT2D eigenvalue weighted by molar-refractivity contribution is 5.68. The van der Waals surface area contributed by atoms with Crippen molar-refractivity contribution in [2.24, 2.45) is 0 Å². The topological polar surface area (TPSA) is 51.5 Å². The van der Waals surface area contributed by atoms with Gasteiger partial charge < -0.3 is 14.5 Å². The molecule has 0 spiro atoms. The summed E-state index contributed by atoms with van der Waals surface area (Å²) in [5, 5.41) is 2.70. The van der Waals surface area contributed by atoms with Gasteiger partial charge in [-0.3, -0.25) is 0 Å². The Balaban J connectivity index is 2.09. The molecule has 1 atom stereocenters. The van der Waals surface area contributed by atoms with Crippen molar-refractivity contribution in [2.75, 3.05) is 6.61 Å². The van der Waals surface area contributed by atoms with Crippen molar-refractivity contribution in [3.8, 4) is 0 Å². The maximum Gasteiger partial charge on any atom is 0.407 e. The minimum Gasteiger partial charge on any atom is -0.472 e. The quantitative estimate of drug-likeness (QED) is 0.688. The number of cyclic esters (lactones) is 1. The molecule has 0 radical (unpaired) electrons. The van der Waals surface area contributed by atoms with Gasteiger partial charge in [0.1, 0.15) is 0 Å². The smallest absolute Gasteiger partial charge is 0.407 e. The second kappa shape index (κ2) is 2.89. The summed E-state index contributed by atoms with van der Waals surface area (Å²) in [6.45, 7) is 0.474. The zero-order valence-corrected chi connectivity index (χ0v) is 6.45. The summed E-state index contributed by atoms with van der Waals surface area (Å²) < 4.78 is 9.64. The van der Waals surface area contributed by atoms with Crippen LogP contribution in [0.1, 0.15) is 18.0 Å². The van der Waals surface area contributed by atoms with Crippen molar-refractivity contribution >= 4 is 6.09 Å². The van der Waals surface area contributed by atoms with Crippen LogP contribution in [-0.2, 0) is 4.74 Å². The molecule has 1 N–H and O–H groups in total. The maximum absolute atomic E-state index is 10.8. The molecule has 2 rings (SSSR count). The van der Waals surface area contributed by atoms with E-state index in [0.29, 0.717) is 6.61 Å². The third-order valence-corrected chi connectivity index (χ3v) is 1.88. The molecule has 0 bridgehead atoms. The first-order valence-electron chi connectivity index (χ1n) is 3.81. The van der Waals surface area contributed by atoms with Gasteiger partial charge in [-0.05, 0) is 6.07 Å². The summed E-state index contributed by atoms with van der Waals surface area (Å²) in [6.07, 6.45) is 3.67. The van der Waals surface area contributed by atoms with Crippen LogP contribution in [0.2, 0.25) is 0 Å². The Morgan fingerprint density at radius 2 is 2.50 bits per heavy atom. The maximum atomic E-state index is 10.8. The molecule has 4 nitrogen and oxygen atoms in total. The fourth-order valence-electron chi connectivity index (χ4n) is 1.25. The highest BCUT2D eigenvalue weighted by Gasteiger charge is 2.20. The number of ether oxygens (including phenoxy) is 1. The molecule has 1 unspecified atom stereocenters. The Bertz CT molecular complexity index is 268. The van der Waals surface area contributed by atoms with Gasteiger partial charge in [0, 0.05) is 12.0 Å². The van der Waals surface area contributed by atoms with Crippen LogP contribution in [0.15, 0.2) is 23.0 Å². The van der Waals surface area contributed by atoms with Crippen molar-refractivity contribution in [1.82, 2.24) is 5.32 Å². The zero-order valence-electron chi connectivity index (χ0n) is 6.45. The first kappa shape index (κ1) is 7.21. The number of carbonyl (C=O) groups is 1. The lowest BCUT2D eigenvalue weighted by Gasteiger charge is -2.21. The second-order valence-electron chi connectivity index (χ2n) is 2.68. The predicted molar refractivity (Wildman–Crippen MR) is 40.5 cm³/mol. The standard InChI is InChI=1S/C8H9NO3/c10-8-9-7(2-4-12-8)6-1-3-11-5-6/h1,3,5,7H,2,4H2,(H,9,10). The molecule has 2 heterocycles. The lowest BCUT2D eigenvalue weighted by atomic mass is 10.1. The Morgan fingerprint density at radius 1 is 1.58 bits per heavy atom. The normalized spacial score (nSPS) is 23.0. The van der Waals surface area contributed by atoms with E-state index in [1.54, 1.807) is 12.5 Å². The fraction of sp³-hybridized carbons (Fsp3) is 0.375. The fourth-order valence-corrected chi connectivity index (χ4v) is 1.25. The number of carbonyl (C=O) groups excluding carboxylic acids is 1. The van der Waals surface area contributed by atoms with Crippen LogP contribution in [0.3, 0.4) is 0 Å². The summed E-state index contributed by atoms with van der Waals surface area (Å²) in [5.74, 6) is 0. The molecule has 64 valence electrons. The molecular formula is C8H9NO3. The second-order valence-corrected chi connectivity index (χ2v) is 2.68. The first-order chi connectivity index (χ1) is 5.86. The van der Waals surface area contributed by atoms with Crippen LogP contribution >= 0.6 is 0 Å². The minimum absolute atomic E-state index is 0.0463. The van der Waals surface area contributed by atoms with Crippen LogP contribution < -0.4 is 5.32 Å². The van der Waals surface area contributed by atoms with Crippen molar-refractivity contribution < 1.29 is 13.9 Å². The summed E-state index contributed by atoms with van der Waals surface area (Å²) in [5.41, 5.74) is 0.992. The molecule has 1 aromatic rings. The molecule has 1 amide bonds. The van der Waals surface area contributed by atoms with E-state index in [4.69, 9.17) is 9.15 Å². The first-order valence-corrected chi connectivity index (χ1v) is 3.81. The van der Waals surface area contributed by atoms with Gasteiger partial charge in [-0.15, -0.1) is 0 Å². The molecular weight excluding hydrogens is 158 g/mol. The molecule has 1 aromatic heterocycles. The monoisotopic (exact) mass is 167 g/mol. The van der Waals surface area contributed by atoms with Gasteiger partial charge in [0.15, 0.2) is 0 Å². The van der Waals surface area contributed by atoms with Crippen LogP contribution in [0.4, 0.5) is 4.79 Å². The van der Waals surface area contributed by atoms with Crippen LogP contribution in [0, 0.1) is 0 Å². The number of nitrogens with one attached hydrogen (secondary N) is 1. The molecule has 0 aromatic carbocycles. The molecule has 12 heavy (non-hydrogen) atoms. The van der Waals surface area contributed by atoms with Crippen molar-refractivity contribution in [3.63, 3.8) is 0 Å². The zero-order chi connectivity index (χ0) is 8.39.